The Bertz CT molecular complexity index is 23.6. The molecule has 0 aromatic heterocycles. The smallest absolute Gasteiger partial charge is 0.329 e. The Morgan fingerprint density at radius 3 is 1.62 bits per heavy atom. The van der Waals surface area contributed by atoms with Crippen molar-refractivity contribution in [2.45, 2.75) is 39.5 Å². The fraction of sp³-hybridized carbons (Fsp3) is 0.857. The Kier molecular flexibility index (Phi) is 14.9. The zero-order valence-electron chi connectivity index (χ0n) is 5.71. The first-order valence-electron chi connectivity index (χ1n) is 3.23. The SMILES string of the molecule is CCC[CH-]CCC.[Cu+]. The first-order valence-corrected chi connectivity index (χ1v) is 3.23. The van der Waals surface area contributed by atoms with Gasteiger partial charge in [-0.2, -0.15) is 12.8 Å². The van der Waals surface area contributed by atoms with Gasteiger partial charge in [0.2, 0.25) is 0 Å². The minimum Gasteiger partial charge on any atom is -0.329 e. The van der Waals surface area contributed by atoms with Crippen molar-refractivity contribution in [2.24, 2.45) is 0 Å². The predicted octanol–water partition coefficient (Wildman–Crippen LogP) is 2.79. The van der Waals surface area contributed by atoms with Gasteiger partial charge in [-0.25, -0.2) is 0 Å². The molecule has 0 saturated heterocycles. The number of hydrogen-bond acceptors (Lipinski definition) is 0. The minimum atomic E-state index is 0. The molecule has 8 heavy (non-hydrogen) atoms. The molecule has 0 amide bonds. The fourth-order valence-corrected chi connectivity index (χ4v) is 0.553. The summed E-state index contributed by atoms with van der Waals surface area (Å²) in [5, 5.41) is 0. The van der Waals surface area contributed by atoms with E-state index in [2.05, 4.69) is 20.3 Å². The van der Waals surface area contributed by atoms with Crippen molar-refractivity contribution in [3.8, 4) is 0 Å². The van der Waals surface area contributed by atoms with Gasteiger partial charge < -0.3 is 6.42 Å². The van der Waals surface area contributed by atoms with E-state index in [-0.39, 0.29) is 17.1 Å². The van der Waals surface area contributed by atoms with Gasteiger partial charge in [-0.3, -0.25) is 0 Å². The topological polar surface area (TPSA) is 0 Å². The van der Waals surface area contributed by atoms with E-state index in [0.717, 1.165) is 0 Å². The second-order valence-corrected chi connectivity index (χ2v) is 1.87. The minimum absolute atomic E-state index is 0. The van der Waals surface area contributed by atoms with Crippen LogP contribution >= 0.6 is 0 Å². The van der Waals surface area contributed by atoms with Gasteiger partial charge in [-0.05, 0) is 0 Å². The summed E-state index contributed by atoms with van der Waals surface area (Å²) in [7, 11) is 0. The molecule has 0 heterocycles. The van der Waals surface area contributed by atoms with E-state index < -0.39 is 0 Å². The standard InChI is InChI=1S/C7H15.Cu/c1-3-5-7-6-4-2;/h7H,3-6H2,1-2H3;/q-1;+1. The van der Waals surface area contributed by atoms with E-state index in [1.807, 2.05) is 0 Å². The summed E-state index contributed by atoms with van der Waals surface area (Å²) in [6.07, 6.45) is 7.57. The Labute approximate surface area is 63.5 Å². The first kappa shape index (κ1) is 11.3. The van der Waals surface area contributed by atoms with Crippen molar-refractivity contribution < 1.29 is 17.1 Å². The largest absolute Gasteiger partial charge is 1.00 e. The van der Waals surface area contributed by atoms with Gasteiger partial charge in [0, 0.05) is 0 Å². The van der Waals surface area contributed by atoms with Crippen LogP contribution in [0.2, 0.25) is 0 Å². The molecule has 0 bridgehead atoms. The summed E-state index contributed by atoms with van der Waals surface area (Å²) in [4.78, 5) is 0. The Balaban J connectivity index is 0. The first-order chi connectivity index (χ1) is 3.41. The average molecular weight is 163 g/mol. The summed E-state index contributed by atoms with van der Waals surface area (Å²) in [6, 6.07) is 0. The van der Waals surface area contributed by atoms with Crippen molar-refractivity contribution in [1.29, 1.82) is 0 Å². The van der Waals surface area contributed by atoms with Gasteiger partial charge in [0.25, 0.3) is 0 Å². The van der Waals surface area contributed by atoms with Crippen molar-refractivity contribution >= 4 is 0 Å². The van der Waals surface area contributed by atoms with Crippen LogP contribution in [-0.4, -0.2) is 0 Å². The molecular weight excluding hydrogens is 148 g/mol. The van der Waals surface area contributed by atoms with Gasteiger partial charge in [0.1, 0.15) is 0 Å². The molecule has 0 nitrogen and oxygen atoms in total. The van der Waals surface area contributed by atoms with Crippen LogP contribution in [0.5, 0.6) is 0 Å². The summed E-state index contributed by atoms with van der Waals surface area (Å²) < 4.78 is 0. The maximum atomic E-state index is 2.36. The molecule has 0 aromatic carbocycles. The summed E-state index contributed by atoms with van der Waals surface area (Å²) in [5.41, 5.74) is 0. The molecule has 0 unspecified atom stereocenters. The normalized spacial score (nSPS) is 8.25. The molecule has 0 aliphatic carbocycles. The van der Waals surface area contributed by atoms with Crippen molar-refractivity contribution in [3.63, 3.8) is 0 Å². The van der Waals surface area contributed by atoms with Gasteiger partial charge in [0.15, 0.2) is 0 Å². The Morgan fingerprint density at radius 1 is 1.00 bits per heavy atom. The zero-order chi connectivity index (χ0) is 5.54. The van der Waals surface area contributed by atoms with E-state index >= 15 is 0 Å². The molecule has 0 atom stereocenters. The molecule has 0 fully saturated rings. The molecule has 0 N–H and O–H groups in total. The molecule has 0 aliphatic rings. The fourth-order valence-electron chi connectivity index (χ4n) is 0.553. The van der Waals surface area contributed by atoms with Crippen LogP contribution in [0.1, 0.15) is 39.5 Å². The maximum Gasteiger partial charge on any atom is 1.00 e. The molecule has 0 aromatic rings. The Morgan fingerprint density at radius 2 is 1.38 bits per heavy atom. The van der Waals surface area contributed by atoms with Crippen LogP contribution in [0.4, 0.5) is 0 Å². The van der Waals surface area contributed by atoms with Crippen molar-refractivity contribution in [2.75, 3.05) is 0 Å². The molecule has 54 valence electrons. The van der Waals surface area contributed by atoms with Crippen LogP contribution < -0.4 is 0 Å². The van der Waals surface area contributed by atoms with Gasteiger partial charge in [-0.1, -0.05) is 26.7 Å². The number of hydrogen-bond donors (Lipinski definition) is 0. The molecule has 0 saturated carbocycles. The monoisotopic (exact) mass is 162 g/mol. The molecule has 1 heteroatoms. The zero-order valence-corrected chi connectivity index (χ0v) is 6.65. The molecule has 0 radical (unpaired) electrons. The molecule has 0 rings (SSSR count). The van der Waals surface area contributed by atoms with Crippen molar-refractivity contribution in [1.82, 2.24) is 0 Å². The number of unbranched alkanes of at least 4 members (excludes halogenated alkanes) is 4. The van der Waals surface area contributed by atoms with Crippen LogP contribution in [0.3, 0.4) is 0 Å². The van der Waals surface area contributed by atoms with Crippen LogP contribution in [0.15, 0.2) is 0 Å². The second kappa shape index (κ2) is 10.5. The Hall–Kier alpha value is 0.519. The maximum absolute atomic E-state index is 2.36. The van der Waals surface area contributed by atoms with Crippen LogP contribution in [0, 0.1) is 6.42 Å². The van der Waals surface area contributed by atoms with E-state index in [1.165, 1.54) is 25.7 Å². The van der Waals surface area contributed by atoms with Crippen molar-refractivity contribution in [3.05, 3.63) is 6.42 Å². The summed E-state index contributed by atoms with van der Waals surface area (Å²) in [6.45, 7) is 4.43. The van der Waals surface area contributed by atoms with E-state index in [1.54, 1.807) is 0 Å². The van der Waals surface area contributed by atoms with E-state index in [0.29, 0.717) is 0 Å². The quantitative estimate of drug-likeness (QED) is 0.339. The third-order valence-corrected chi connectivity index (χ3v) is 0.986. The predicted molar refractivity (Wildman–Crippen MR) is 34.1 cm³/mol. The van der Waals surface area contributed by atoms with Crippen LogP contribution in [0.25, 0.3) is 0 Å². The van der Waals surface area contributed by atoms with Gasteiger partial charge >= 0.3 is 17.1 Å². The van der Waals surface area contributed by atoms with Crippen LogP contribution in [-0.2, 0) is 17.1 Å². The summed E-state index contributed by atoms with van der Waals surface area (Å²) >= 11 is 0. The van der Waals surface area contributed by atoms with Gasteiger partial charge in [-0.15, -0.1) is 0 Å². The molecule has 0 aliphatic heterocycles. The van der Waals surface area contributed by atoms with E-state index in [4.69, 9.17) is 0 Å². The third-order valence-electron chi connectivity index (χ3n) is 0.986. The molecule has 0 spiro atoms. The third kappa shape index (κ3) is 9.72. The summed E-state index contributed by atoms with van der Waals surface area (Å²) in [5.74, 6) is 0. The molecular formula is C7H15Cu. The second-order valence-electron chi connectivity index (χ2n) is 1.87. The van der Waals surface area contributed by atoms with Gasteiger partial charge in [0.05, 0.1) is 0 Å². The average Bonchev–Trinajstić information content (AvgIpc) is 1.69. The van der Waals surface area contributed by atoms with E-state index in [9.17, 15) is 0 Å². The number of rotatable bonds is 4.